The van der Waals surface area contributed by atoms with Crippen LogP contribution in [0.3, 0.4) is 0 Å². The Labute approximate surface area is 83.4 Å². The molecule has 9 heteroatoms. The molecule has 0 aromatic carbocycles. The molecule has 1 aromatic heterocycles. The van der Waals surface area contributed by atoms with Crippen LogP contribution in [0.1, 0.15) is 0 Å². The molecule has 0 bridgehead atoms. The third kappa shape index (κ3) is 2.50. The number of nitrogens with one attached hydrogen (secondary N) is 1. The van der Waals surface area contributed by atoms with Crippen LogP contribution in [-0.2, 0) is 16.6 Å². The first-order valence-electron chi connectivity index (χ1n) is 3.79. The fourth-order valence-electron chi connectivity index (χ4n) is 0.949. The van der Waals surface area contributed by atoms with Crippen molar-refractivity contribution in [1.29, 1.82) is 0 Å². The van der Waals surface area contributed by atoms with E-state index in [1.807, 2.05) is 0 Å². The Morgan fingerprint density at radius 3 is 2.53 bits per heavy atom. The highest BCUT2D eigenvalue weighted by Gasteiger charge is 2.15. The van der Waals surface area contributed by atoms with Gasteiger partial charge in [0.05, 0.1) is 6.54 Å². The normalized spacial score (nSPS) is 11.6. The largest absolute Gasteiger partial charge is 0.328 e. The lowest BCUT2D eigenvalue weighted by molar-refractivity contribution is 0.434. The summed E-state index contributed by atoms with van der Waals surface area (Å²) in [6.45, 7) is -1.21. The summed E-state index contributed by atoms with van der Waals surface area (Å²) in [5, 5.41) is 4.72. The van der Waals surface area contributed by atoms with Crippen LogP contribution >= 0.6 is 0 Å². The number of halogens is 1. The maximum absolute atomic E-state index is 12.0. The fourth-order valence-corrected chi connectivity index (χ4v) is 1.53. The summed E-state index contributed by atoms with van der Waals surface area (Å²) in [7, 11) is -4.22. The first-order valence-corrected chi connectivity index (χ1v) is 5.33. The maximum atomic E-state index is 12.0. The highest BCUT2D eigenvalue weighted by atomic mass is 32.2. The monoisotopic (exact) mass is 237 g/mol. The lowest BCUT2D eigenvalue weighted by Crippen LogP contribution is -2.35. The predicted molar refractivity (Wildman–Crippen MR) is 48.7 cm³/mol. The molecule has 1 aromatic rings. The molecule has 0 fully saturated rings. The third-order valence-corrected chi connectivity index (χ3v) is 2.51. The Bertz CT molecular complexity index is 573. The lowest BCUT2D eigenvalue weighted by Gasteiger charge is -2.03. The van der Waals surface area contributed by atoms with E-state index in [1.165, 1.54) is 0 Å². The summed E-state index contributed by atoms with van der Waals surface area (Å²) in [4.78, 5) is 23.0. The van der Waals surface area contributed by atoms with E-state index in [4.69, 9.17) is 5.14 Å². The highest BCUT2D eigenvalue weighted by molar-refractivity contribution is 7.89. The standard InChI is InChI=1S/C6H8FN3O4S/c7-1-2-10-3-4(15(8,13)14)5(11)9-6(10)12/h3H,1-2H2,(H2,8,13,14)(H,9,11,12). The molecule has 0 unspecified atom stereocenters. The van der Waals surface area contributed by atoms with E-state index >= 15 is 0 Å². The molecule has 84 valence electrons. The molecule has 0 saturated heterocycles. The third-order valence-electron chi connectivity index (χ3n) is 1.61. The molecule has 0 aliphatic carbocycles. The van der Waals surface area contributed by atoms with E-state index in [9.17, 15) is 22.4 Å². The Balaban J connectivity index is 3.51. The number of H-pyrrole nitrogens is 1. The van der Waals surface area contributed by atoms with Gasteiger partial charge in [0.25, 0.3) is 5.56 Å². The van der Waals surface area contributed by atoms with E-state index in [-0.39, 0.29) is 6.54 Å². The van der Waals surface area contributed by atoms with Crippen molar-refractivity contribution < 1.29 is 12.8 Å². The molecule has 1 rings (SSSR count). The smallest absolute Gasteiger partial charge is 0.297 e. The predicted octanol–water partition coefficient (Wildman–Crippen LogP) is -1.85. The molecule has 3 N–H and O–H groups in total. The topological polar surface area (TPSA) is 115 Å². The number of hydrogen-bond donors (Lipinski definition) is 2. The van der Waals surface area contributed by atoms with E-state index in [0.29, 0.717) is 0 Å². The number of aromatic amines is 1. The quantitative estimate of drug-likeness (QED) is 0.642. The summed E-state index contributed by atoms with van der Waals surface area (Å²) < 4.78 is 34.4. The molecule has 7 nitrogen and oxygen atoms in total. The molecule has 0 aliphatic heterocycles. The van der Waals surface area contributed by atoms with Gasteiger partial charge in [-0.3, -0.25) is 14.3 Å². The first kappa shape index (κ1) is 11.6. The van der Waals surface area contributed by atoms with Gasteiger partial charge in [-0.15, -0.1) is 0 Å². The van der Waals surface area contributed by atoms with Crippen molar-refractivity contribution in [3.63, 3.8) is 0 Å². The zero-order valence-corrected chi connectivity index (χ0v) is 8.25. The van der Waals surface area contributed by atoms with Crippen LogP contribution in [0.2, 0.25) is 0 Å². The Morgan fingerprint density at radius 1 is 1.47 bits per heavy atom. The van der Waals surface area contributed by atoms with Gasteiger partial charge >= 0.3 is 5.69 Å². The van der Waals surface area contributed by atoms with Crippen molar-refractivity contribution in [1.82, 2.24) is 9.55 Å². The summed E-state index contributed by atoms with van der Waals surface area (Å²) in [6, 6.07) is 0. The number of primary sulfonamides is 1. The maximum Gasteiger partial charge on any atom is 0.328 e. The van der Waals surface area contributed by atoms with Gasteiger partial charge in [-0.1, -0.05) is 0 Å². The number of rotatable bonds is 3. The molecular weight excluding hydrogens is 229 g/mol. The zero-order valence-electron chi connectivity index (χ0n) is 7.44. The van der Waals surface area contributed by atoms with Gasteiger partial charge in [0.15, 0.2) is 4.90 Å². The molecule has 0 aliphatic rings. The number of hydrogen-bond acceptors (Lipinski definition) is 4. The molecule has 0 atom stereocenters. The number of aryl methyl sites for hydroxylation is 1. The highest BCUT2D eigenvalue weighted by Crippen LogP contribution is 1.95. The minimum absolute atomic E-state index is 0.349. The summed E-state index contributed by atoms with van der Waals surface area (Å²) in [5.41, 5.74) is -2.00. The Morgan fingerprint density at radius 2 is 2.07 bits per heavy atom. The van der Waals surface area contributed by atoms with Gasteiger partial charge in [0.1, 0.15) is 6.67 Å². The first-order chi connectivity index (χ1) is 6.86. The van der Waals surface area contributed by atoms with Crippen LogP contribution < -0.4 is 16.4 Å². The lowest BCUT2D eigenvalue weighted by atomic mass is 10.6. The van der Waals surface area contributed by atoms with Crippen molar-refractivity contribution in [3.8, 4) is 0 Å². The van der Waals surface area contributed by atoms with Crippen LogP contribution in [0.5, 0.6) is 0 Å². The zero-order chi connectivity index (χ0) is 11.6. The Kier molecular flexibility index (Phi) is 3.05. The van der Waals surface area contributed by atoms with Gasteiger partial charge in [0, 0.05) is 6.20 Å². The fraction of sp³-hybridized carbons (Fsp3) is 0.333. The van der Waals surface area contributed by atoms with E-state index < -0.39 is 32.8 Å². The Hall–Kier alpha value is -1.48. The van der Waals surface area contributed by atoms with Crippen LogP contribution in [0.4, 0.5) is 4.39 Å². The van der Waals surface area contributed by atoms with Crippen molar-refractivity contribution >= 4 is 10.0 Å². The van der Waals surface area contributed by atoms with Gasteiger partial charge in [-0.05, 0) is 0 Å². The minimum Gasteiger partial charge on any atom is -0.297 e. The molecule has 0 saturated carbocycles. The summed E-state index contributed by atoms with van der Waals surface area (Å²) in [5.74, 6) is 0. The minimum atomic E-state index is -4.22. The summed E-state index contributed by atoms with van der Waals surface area (Å²) in [6.07, 6.45) is 0.718. The second-order valence-corrected chi connectivity index (χ2v) is 4.21. The molecule has 0 spiro atoms. The van der Waals surface area contributed by atoms with E-state index in [1.54, 1.807) is 4.98 Å². The molecule has 0 amide bonds. The van der Waals surface area contributed by atoms with Crippen LogP contribution in [0, 0.1) is 0 Å². The molecule has 0 radical (unpaired) electrons. The van der Waals surface area contributed by atoms with Crippen LogP contribution in [0.25, 0.3) is 0 Å². The van der Waals surface area contributed by atoms with E-state index in [2.05, 4.69) is 0 Å². The average Bonchev–Trinajstić information content (AvgIpc) is 2.07. The van der Waals surface area contributed by atoms with Gasteiger partial charge in [-0.2, -0.15) is 0 Å². The van der Waals surface area contributed by atoms with Crippen LogP contribution in [-0.4, -0.2) is 24.6 Å². The molecule has 1 heterocycles. The number of aromatic nitrogens is 2. The number of nitrogens with two attached hydrogens (primary N) is 1. The molecule has 15 heavy (non-hydrogen) atoms. The second-order valence-electron chi connectivity index (χ2n) is 2.68. The van der Waals surface area contributed by atoms with Crippen molar-refractivity contribution in [3.05, 3.63) is 27.0 Å². The van der Waals surface area contributed by atoms with Gasteiger partial charge in [-0.25, -0.2) is 22.7 Å². The van der Waals surface area contributed by atoms with Crippen LogP contribution in [0.15, 0.2) is 20.7 Å². The van der Waals surface area contributed by atoms with E-state index in [0.717, 1.165) is 10.8 Å². The average molecular weight is 237 g/mol. The molecular formula is C6H8FN3O4S. The SMILES string of the molecule is NS(=O)(=O)c1cn(CCF)c(=O)[nH]c1=O. The number of alkyl halides is 1. The number of nitrogens with zero attached hydrogens (tertiary/aromatic N) is 1. The van der Waals surface area contributed by atoms with Gasteiger partial charge in [0.2, 0.25) is 10.0 Å². The second kappa shape index (κ2) is 3.95. The number of sulfonamides is 1. The van der Waals surface area contributed by atoms with Crippen molar-refractivity contribution in [2.45, 2.75) is 11.4 Å². The summed E-state index contributed by atoms with van der Waals surface area (Å²) >= 11 is 0. The van der Waals surface area contributed by atoms with Gasteiger partial charge < -0.3 is 0 Å². The van der Waals surface area contributed by atoms with Crippen molar-refractivity contribution in [2.75, 3.05) is 6.67 Å². The van der Waals surface area contributed by atoms with Crippen molar-refractivity contribution in [2.24, 2.45) is 5.14 Å².